The topological polar surface area (TPSA) is 144 Å². The molecule has 3 N–H and O–H groups in total. The van der Waals surface area contributed by atoms with Gasteiger partial charge in [0, 0.05) is 18.8 Å². The van der Waals surface area contributed by atoms with E-state index in [4.69, 9.17) is 0 Å². The summed E-state index contributed by atoms with van der Waals surface area (Å²) >= 11 is 0. The fourth-order valence-electron chi connectivity index (χ4n) is 3.34. The standard InChI is InChI=1S/C21H25N7O4/c1-11(2)10-27-19-15(17(29)24-8-14-7-22-12(3)6-23-14)9-25-28(19)21(32)16(20(27)31)18(30)26-13-4-5-13/h6-7,9,11,13,32H,4-5,8,10H2,1-3H3,(H,24,29)(H,26,30). The van der Waals surface area contributed by atoms with Crippen LogP contribution in [0.4, 0.5) is 0 Å². The van der Waals surface area contributed by atoms with Gasteiger partial charge in [-0.05, 0) is 25.7 Å². The van der Waals surface area contributed by atoms with Crippen molar-refractivity contribution in [2.45, 2.75) is 52.7 Å². The number of amides is 2. The van der Waals surface area contributed by atoms with Crippen LogP contribution in [0.3, 0.4) is 0 Å². The van der Waals surface area contributed by atoms with E-state index in [1.54, 1.807) is 12.4 Å². The van der Waals surface area contributed by atoms with Crippen LogP contribution in [0, 0.1) is 12.8 Å². The smallest absolute Gasteiger partial charge is 0.270 e. The lowest BCUT2D eigenvalue weighted by molar-refractivity contribution is 0.0940. The van der Waals surface area contributed by atoms with E-state index in [1.165, 1.54) is 10.8 Å². The monoisotopic (exact) mass is 439 g/mol. The maximum absolute atomic E-state index is 13.2. The molecule has 3 aromatic rings. The van der Waals surface area contributed by atoms with Gasteiger partial charge in [-0.3, -0.25) is 28.9 Å². The van der Waals surface area contributed by atoms with Crippen LogP contribution in [0.2, 0.25) is 0 Å². The zero-order chi connectivity index (χ0) is 23.0. The highest BCUT2D eigenvalue weighted by Gasteiger charge is 2.30. The van der Waals surface area contributed by atoms with Crippen LogP contribution < -0.4 is 16.2 Å². The van der Waals surface area contributed by atoms with E-state index in [1.807, 2.05) is 20.8 Å². The second-order valence-corrected chi connectivity index (χ2v) is 8.38. The molecule has 32 heavy (non-hydrogen) atoms. The van der Waals surface area contributed by atoms with Gasteiger partial charge in [0.1, 0.15) is 5.56 Å². The number of nitrogens with one attached hydrogen (secondary N) is 2. The summed E-state index contributed by atoms with van der Waals surface area (Å²) in [6.45, 7) is 6.00. The Morgan fingerprint density at radius 2 is 1.94 bits per heavy atom. The number of hydrogen-bond acceptors (Lipinski definition) is 7. The molecule has 1 saturated carbocycles. The van der Waals surface area contributed by atoms with Gasteiger partial charge in [0.2, 0.25) is 5.88 Å². The Hall–Kier alpha value is -3.76. The van der Waals surface area contributed by atoms with Crippen molar-refractivity contribution < 1.29 is 14.7 Å². The summed E-state index contributed by atoms with van der Waals surface area (Å²) < 4.78 is 2.38. The summed E-state index contributed by atoms with van der Waals surface area (Å²) in [5.41, 5.74) is 0.513. The van der Waals surface area contributed by atoms with Crippen molar-refractivity contribution in [2.24, 2.45) is 5.92 Å². The Labute approximate surface area is 183 Å². The number of aromatic hydroxyl groups is 1. The Bertz CT molecular complexity index is 1240. The van der Waals surface area contributed by atoms with Crippen LogP contribution in [0.5, 0.6) is 5.88 Å². The second kappa shape index (κ2) is 8.40. The first-order valence-corrected chi connectivity index (χ1v) is 10.5. The Morgan fingerprint density at radius 3 is 2.56 bits per heavy atom. The normalized spacial score (nSPS) is 13.5. The quantitative estimate of drug-likeness (QED) is 0.493. The van der Waals surface area contributed by atoms with Gasteiger partial charge < -0.3 is 15.7 Å². The van der Waals surface area contributed by atoms with Gasteiger partial charge in [-0.15, -0.1) is 0 Å². The van der Waals surface area contributed by atoms with Gasteiger partial charge in [-0.2, -0.15) is 9.61 Å². The molecule has 168 valence electrons. The average molecular weight is 439 g/mol. The van der Waals surface area contributed by atoms with E-state index in [2.05, 4.69) is 25.7 Å². The lowest BCUT2D eigenvalue weighted by Gasteiger charge is -2.15. The van der Waals surface area contributed by atoms with Crippen LogP contribution in [0.25, 0.3) is 5.65 Å². The first kappa shape index (κ1) is 21.5. The molecule has 3 aromatic heterocycles. The molecule has 0 saturated heterocycles. The molecule has 2 amide bonds. The first-order chi connectivity index (χ1) is 15.3. The zero-order valence-corrected chi connectivity index (χ0v) is 18.1. The van der Waals surface area contributed by atoms with Gasteiger partial charge in [0.05, 0.1) is 30.3 Å². The van der Waals surface area contributed by atoms with Crippen molar-refractivity contribution in [3.63, 3.8) is 0 Å². The average Bonchev–Trinajstić information content (AvgIpc) is 3.44. The minimum atomic E-state index is -0.666. The van der Waals surface area contributed by atoms with Crippen LogP contribution in [-0.2, 0) is 13.1 Å². The van der Waals surface area contributed by atoms with Crippen molar-refractivity contribution in [1.29, 1.82) is 0 Å². The second-order valence-electron chi connectivity index (χ2n) is 8.38. The summed E-state index contributed by atoms with van der Waals surface area (Å²) in [5, 5.41) is 20.2. The minimum absolute atomic E-state index is 0.0133. The van der Waals surface area contributed by atoms with E-state index in [-0.39, 0.29) is 41.8 Å². The van der Waals surface area contributed by atoms with E-state index in [9.17, 15) is 19.5 Å². The summed E-state index contributed by atoms with van der Waals surface area (Å²) in [4.78, 5) is 47.1. The molecule has 0 aliphatic heterocycles. The molecule has 3 heterocycles. The molecule has 11 nitrogen and oxygen atoms in total. The predicted octanol–water partition coefficient (Wildman–Crippen LogP) is 0.778. The van der Waals surface area contributed by atoms with Crippen LogP contribution in [0.15, 0.2) is 23.4 Å². The number of fused-ring (bicyclic) bond motifs is 1. The molecule has 0 bridgehead atoms. The fraction of sp³-hybridized carbons (Fsp3) is 0.429. The fourth-order valence-corrected chi connectivity index (χ4v) is 3.34. The molecule has 11 heteroatoms. The number of aryl methyl sites for hydroxylation is 1. The highest BCUT2D eigenvalue weighted by atomic mass is 16.3. The lowest BCUT2D eigenvalue weighted by atomic mass is 10.2. The molecule has 0 aromatic carbocycles. The van der Waals surface area contributed by atoms with Crippen molar-refractivity contribution in [3.05, 3.63) is 51.5 Å². The molecular formula is C21H25N7O4. The predicted molar refractivity (Wildman–Crippen MR) is 114 cm³/mol. The molecule has 0 spiro atoms. The summed E-state index contributed by atoms with van der Waals surface area (Å²) in [6.07, 6.45) is 6.11. The van der Waals surface area contributed by atoms with Gasteiger partial charge in [0.25, 0.3) is 17.4 Å². The number of nitrogens with zero attached hydrogens (tertiary/aromatic N) is 5. The molecule has 0 radical (unpaired) electrons. The highest BCUT2D eigenvalue weighted by molar-refractivity contribution is 6.01. The van der Waals surface area contributed by atoms with Crippen LogP contribution in [0.1, 0.15) is 58.8 Å². The molecule has 4 rings (SSSR count). The maximum atomic E-state index is 13.2. The van der Waals surface area contributed by atoms with Crippen LogP contribution >= 0.6 is 0 Å². The summed E-state index contributed by atoms with van der Waals surface area (Å²) in [5.74, 6) is -1.69. The van der Waals surface area contributed by atoms with E-state index < -0.39 is 23.3 Å². The van der Waals surface area contributed by atoms with Crippen LogP contribution in [-0.4, -0.2) is 47.1 Å². The third kappa shape index (κ3) is 4.18. The molecule has 0 atom stereocenters. The number of rotatable bonds is 7. The first-order valence-electron chi connectivity index (χ1n) is 10.5. The van der Waals surface area contributed by atoms with Gasteiger partial charge in [0.15, 0.2) is 11.2 Å². The third-order valence-corrected chi connectivity index (χ3v) is 5.08. The summed E-state index contributed by atoms with van der Waals surface area (Å²) in [7, 11) is 0. The van der Waals surface area contributed by atoms with Crippen molar-refractivity contribution in [1.82, 2.24) is 34.8 Å². The lowest BCUT2D eigenvalue weighted by Crippen LogP contribution is -2.36. The molecule has 0 unspecified atom stereocenters. The zero-order valence-electron chi connectivity index (χ0n) is 18.1. The third-order valence-electron chi connectivity index (χ3n) is 5.08. The molecule has 1 aliphatic rings. The maximum Gasteiger partial charge on any atom is 0.270 e. The Balaban J connectivity index is 1.73. The number of carbonyl (C=O) groups excluding carboxylic acids is 2. The summed E-state index contributed by atoms with van der Waals surface area (Å²) in [6, 6.07) is 0.0133. The van der Waals surface area contributed by atoms with E-state index in [0.29, 0.717) is 5.69 Å². The van der Waals surface area contributed by atoms with Gasteiger partial charge in [-0.1, -0.05) is 13.8 Å². The SMILES string of the molecule is Cc1cnc(CNC(=O)c2cnn3c(O)c(C(=O)NC4CC4)c(=O)n(CC(C)C)c23)cn1. The molecular weight excluding hydrogens is 414 g/mol. The Kier molecular flexibility index (Phi) is 5.64. The minimum Gasteiger partial charge on any atom is -0.492 e. The molecule has 1 aliphatic carbocycles. The largest absolute Gasteiger partial charge is 0.492 e. The van der Waals surface area contributed by atoms with Gasteiger partial charge >= 0.3 is 0 Å². The highest BCUT2D eigenvalue weighted by Crippen LogP contribution is 2.23. The van der Waals surface area contributed by atoms with E-state index in [0.717, 1.165) is 23.1 Å². The van der Waals surface area contributed by atoms with Crippen molar-refractivity contribution in [2.75, 3.05) is 0 Å². The van der Waals surface area contributed by atoms with E-state index >= 15 is 0 Å². The van der Waals surface area contributed by atoms with Gasteiger partial charge in [-0.25, -0.2) is 0 Å². The number of carbonyl (C=O) groups is 2. The number of hydrogen-bond donors (Lipinski definition) is 3. The van der Waals surface area contributed by atoms with Crippen molar-refractivity contribution >= 4 is 17.5 Å². The Morgan fingerprint density at radius 1 is 1.19 bits per heavy atom. The van der Waals surface area contributed by atoms with Crippen molar-refractivity contribution in [3.8, 4) is 5.88 Å². The number of aromatic nitrogens is 5. The molecule has 1 fully saturated rings.